The maximum absolute atomic E-state index is 12.4. The third kappa shape index (κ3) is 4.95. The molecule has 142 valence electrons. The molecule has 0 bridgehead atoms. The SMILES string of the molecule is Cc1ccc(C(=O)OC[C@H]2OC(C)C[C@@H]2OC(=O)c2ccc(C)cc2)cc1. The summed E-state index contributed by atoms with van der Waals surface area (Å²) in [5.74, 6) is -0.811. The number of hydrogen-bond acceptors (Lipinski definition) is 5. The minimum absolute atomic E-state index is 0.0445. The topological polar surface area (TPSA) is 61.8 Å². The van der Waals surface area contributed by atoms with Crippen molar-refractivity contribution in [3.05, 3.63) is 70.8 Å². The quantitative estimate of drug-likeness (QED) is 0.750. The predicted octanol–water partition coefficient (Wildman–Crippen LogP) is 3.86. The zero-order valence-corrected chi connectivity index (χ0v) is 15.8. The highest BCUT2D eigenvalue weighted by Gasteiger charge is 2.37. The van der Waals surface area contributed by atoms with E-state index in [0.717, 1.165) is 11.1 Å². The van der Waals surface area contributed by atoms with Crippen LogP contribution in [0.1, 0.15) is 45.2 Å². The number of carbonyl (C=O) groups excluding carboxylic acids is 2. The van der Waals surface area contributed by atoms with Gasteiger partial charge in [-0.2, -0.15) is 0 Å². The molecule has 1 fully saturated rings. The second-order valence-corrected chi connectivity index (χ2v) is 7.00. The van der Waals surface area contributed by atoms with Gasteiger partial charge in [-0.05, 0) is 45.0 Å². The summed E-state index contributed by atoms with van der Waals surface area (Å²) >= 11 is 0. The molecule has 3 atom stereocenters. The van der Waals surface area contributed by atoms with Crippen LogP contribution in [0.15, 0.2) is 48.5 Å². The summed E-state index contributed by atoms with van der Waals surface area (Å²) in [6.45, 7) is 5.87. The van der Waals surface area contributed by atoms with E-state index in [1.54, 1.807) is 24.3 Å². The van der Waals surface area contributed by atoms with Crippen LogP contribution in [-0.4, -0.2) is 36.9 Å². The molecule has 1 heterocycles. The van der Waals surface area contributed by atoms with E-state index in [1.165, 1.54) is 0 Å². The molecule has 1 aliphatic rings. The molecule has 1 aliphatic heterocycles. The number of esters is 2. The van der Waals surface area contributed by atoms with Gasteiger partial charge in [0.15, 0.2) is 0 Å². The Morgan fingerprint density at radius 2 is 1.44 bits per heavy atom. The summed E-state index contributed by atoms with van der Waals surface area (Å²) in [5.41, 5.74) is 3.13. The van der Waals surface area contributed by atoms with Crippen LogP contribution in [-0.2, 0) is 14.2 Å². The van der Waals surface area contributed by atoms with Gasteiger partial charge in [0, 0.05) is 6.42 Å². The van der Waals surface area contributed by atoms with Crippen LogP contribution in [0.3, 0.4) is 0 Å². The van der Waals surface area contributed by atoms with Crippen LogP contribution in [0.2, 0.25) is 0 Å². The molecule has 0 spiro atoms. The van der Waals surface area contributed by atoms with Gasteiger partial charge in [-0.15, -0.1) is 0 Å². The van der Waals surface area contributed by atoms with Gasteiger partial charge in [-0.25, -0.2) is 9.59 Å². The number of aryl methyl sites for hydroxylation is 2. The van der Waals surface area contributed by atoms with Crippen molar-refractivity contribution in [2.24, 2.45) is 0 Å². The van der Waals surface area contributed by atoms with Crippen molar-refractivity contribution in [1.29, 1.82) is 0 Å². The normalized spacial score (nSPS) is 21.7. The Hall–Kier alpha value is -2.66. The average molecular weight is 368 g/mol. The minimum Gasteiger partial charge on any atom is -0.459 e. The molecule has 0 amide bonds. The molecule has 2 aromatic rings. The maximum atomic E-state index is 12.4. The summed E-state index contributed by atoms with van der Waals surface area (Å²) in [6.07, 6.45) is -0.406. The third-order valence-corrected chi connectivity index (χ3v) is 4.60. The third-order valence-electron chi connectivity index (χ3n) is 4.60. The summed E-state index contributed by atoms with van der Waals surface area (Å²) in [4.78, 5) is 24.6. The number of hydrogen-bond donors (Lipinski definition) is 0. The Morgan fingerprint density at radius 1 is 0.926 bits per heavy atom. The largest absolute Gasteiger partial charge is 0.459 e. The molecular formula is C22H24O5. The van der Waals surface area contributed by atoms with Gasteiger partial charge < -0.3 is 14.2 Å². The molecule has 5 nitrogen and oxygen atoms in total. The molecule has 0 saturated carbocycles. The first-order valence-electron chi connectivity index (χ1n) is 9.09. The molecule has 27 heavy (non-hydrogen) atoms. The van der Waals surface area contributed by atoms with Crippen molar-refractivity contribution >= 4 is 11.9 Å². The smallest absolute Gasteiger partial charge is 0.338 e. The van der Waals surface area contributed by atoms with Crippen LogP contribution < -0.4 is 0 Å². The molecular weight excluding hydrogens is 344 g/mol. The lowest BCUT2D eigenvalue weighted by molar-refractivity contribution is -0.0394. The monoisotopic (exact) mass is 368 g/mol. The van der Waals surface area contributed by atoms with Crippen molar-refractivity contribution in [3.63, 3.8) is 0 Å². The lowest BCUT2D eigenvalue weighted by atomic mass is 10.1. The van der Waals surface area contributed by atoms with E-state index in [4.69, 9.17) is 14.2 Å². The van der Waals surface area contributed by atoms with Gasteiger partial charge in [-0.3, -0.25) is 0 Å². The summed E-state index contributed by atoms with van der Waals surface area (Å²) in [6, 6.07) is 14.4. The first kappa shape index (κ1) is 19.1. The Balaban J connectivity index is 1.58. The number of benzene rings is 2. The van der Waals surface area contributed by atoms with Crippen molar-refractivity contribution in [2.45, 2.75) is 45.5 Å². The van der Waals surface area contributed by atoms with E-state index in [9.17, 15) is 9.59 Å². The number of ether oxygens (including phenoxy) is 3. The van der Waals surface area contributed by atoms with Crippen LogP contribution in [0.5, 0.6) is 0 Å². The number of carbonyl (C=O) groups is 2. The Bertz CT molecular complexity index is 794. The zero-order chi connectivity index (χ0) is 19.4. The second kappa shape index (κ2) is 8.35. The molecule has 5 heteroatoms. The van der Waals surface area contributed by atoms with E-state index >= 15 is 0 Å². The van der Waals surface area contributed by atoms with Crippen molar-refractivity contribution in [1.82, 2.24) is 0 Å². The van der Waals surface area contributed by atoms with Crippen LogP contribution in [0.4, 0.5) is 0 Å². The van der Waals surface area contributed by atoms with Crippen molar-refractivity contribution < 1.29 is 23.8 Å². The molecule has 0 aliphatic carbocycles. The molecule has 0 aromatic heterocycles. The summed E-state index contributed by atoms with van der Waals surface area (Å²) in [5, 5.41) is 0. The van der Waals surface area contributed by atoms with Gasteiger partial charge in [0.05, 0.1) is 17.2 Å². The fourth-order valence-electron chi connectivity index (χ4n) is 3.02. The van der Waals surface area contributed by atoms with Gasteiger partial charge in [0.1, 0.15) is 18.8 Å². The fourth-order valence-corrected chi connectivity index (χ4v) is 3.02. The first-order valence-corrected chi connectivity index (χ1v) is 9.09. The highest BCUT2D eigenvalue weighted by Crippen LogP contribution is 2.25. The van der Waals surface area contributed by atoms with Gasteiger partial charge in [0.25, 0.3) is 0 Å². The van der Waals surface area contributed by atoms with Crippen LogP contribution >= 0.6 is 0 Å². The molecule has 0 N–H and O–H groups in total. The van der Waals surface area contributed by atoms with Crippen LogP contribution in [0, 0.1) is 13.8 Å². The van der Waals surface area contributed by atoms with E-state index in [-0.39, 0.29) is 12.7 Å². The van der Waals surface area contributed by atoms with Gasteiger partial charge in [-0.1, -0.05) is 35.4 Å². The molecule has 3 rings (SSSR count). The summed E-state index contributed by atoms with van der Waals surface area (Å²) < 4.78 is 16.8. The molecule has 1 unspecified atom stereocenters. The van der Waals surface area contributed by atoms with Crippen molar-refractivity contribution in [2.75, 3.05) is 6.61 Å². The van der Waals surface area contributed by atoms with Crippen molar-refractivity contribution in [3.8, 4) is 0 Å². The Morgan fingerprint density at radius 3 is 2.00 bits per heavy atom. The Labute approximate surface area is 159 Å². The molecule has 2 aromatic carbocycles. The van der Waals surface area contributed by atoms with E-state index in [0.29, 0.717) is 17.5 Å². The van der Waals surface area contributed by atoms with Crippen LogP contribution in [0.25, 0.3) is 0 Å². The highest BCUT2D eigenvalue weighted by molar-refractivity contribution is 5.90. The fraction of sp³-hybridized carbons (Fsp3) is 0.364. The second-order valence-electron chi connectivity index (χ2n) is 7.00. The maximum Gasteiger partial charge on any atom is 0.338 e. The minimum atomic E-state index is -0.469. The Kier molecular flexibility index (Phi) is 5.91. The zero-order valence-electron chi connectivity index (χ0n) is 15.8. The number of rotatable bonds is 5. The summed E-state index contributed by atoms with van der Waals surface area (Å²) in [7, 11) is 0. The van der Waals surface area contributed by atoms with E-state index < -0.39 is 24.1 Å². The van der Waals surface area contributed by atoms with E-state index in [2.05, 4.69) is 0 Å². The van der Waals surface area contributed by atoms with E-state index in [1.807, 2.05) is 45.0 Å². The highest BCUT2D eigenvalue weighted by atomic mass is 16.6. The van der Waals surface area contributed by atoms with Gasteiger partial charge in [0.2, 0.25) is 0 Å². The standard InChI is InChI=1S/C22H24O5/c1-14-4-8-17(9-5-14)21(23)25-13-20-19(12-16(3)26-20)27-22(24)18-10-6-15(2)7-11-18/h4-11,16,19-20H,12-13H2,1-3H3/t16?,19-,20+/m0/s1. The predicted molar refractivity (Wildman–Crippen MR) is 101 cm³/mol. The molecule has 1 saturated heterocycles. The van der Waals surface area contributed by atoms with Gasteiger partial charge >= 0.3 is 11.9 Å². The lowest BCUT2D eigenvalue weighted by Crippen LogP contribution is -2.32. The molecule has 0 radical (unpaired) electrons. The lowest BCUT2D eigenvalue weighted by Gasteiger charge is -2.19. The average Bonchev–Trinajstić information content (AvgIpc) is 3.00. The first-order chi connectivity index (χ1) is 12.9.